The molecule has 1 heterocycles. The average molecular weight is 297 g/mol. The lowest BCUT2D eigenvalue weighted by Gasteiger charge is -2.32. The number of carbonyl (C=O) groups excluding carboxylic acids is 1. The molecule has 1 aliphatic heterocycles. The van der Waals surface area contributed by atoms with Gasteiger partial charge in [-0.3, -0.25) is 4.79 Å². The summed E-state index contributed by atoms with van der Waals surface area (Å²) in [6, 6.07) is 0. The second kappa shape index (κ2) is 8.18. The highest BCUT2D eigenvalue weighted by molar-refractivity contribution is 6.45. The van der Waals surface area contributed by atoms with E-state index in [2.05, 4.69) is 27.7 Å². The zero-order valence-corrected chi connectivity index (χ0v) is 14.2. The first kappa shape index (κ1) is 18.5. The number of carbonyl (C=O) groups is 1. The first-order chi connectivity index (χ1) is 9.74. The standard InChI is InChI=1S/C16H32BNO3/c1-15(2)16(3,4)21-17(20-15)13-11-9-7-5-6-8-10-12-14(18)19/h5-13H2,1-4H3,(H2,18,19). The highest BCUT2D eigenvalue weighted by Crippen LogP contribution is 2.38. The van der Waals surface area contributed by atoms with Crippen molar-refractivity contribution in [2.24, 2.45) is 5.73 Å². The molecule has 0 aliphatic carbocycles. The van der Waals surface area contributed by atoms with Crippen LogP contribution in [-0.2, 0) is 14.1 Å². The van der Waals surface area contributed by atoms with E-state index in [0.717, 1.165) is 25.6 Å². The van der Waals surface area contributed by atoms with Crippen LogP contribution in [0.3, 0.4) is 0 Å². The minimum atomic E-state index is -0.210. The van der Waals surface area contributed by atoms with E-state index in [0.29, 0.717) is 6.42 Å². The van der Waals surface area contributed by atoms with Crippen molar-refractivity contribution in [1.82, 2.24) is 0 Å². The highest BCUT2D eigenvalue weighted by Gasteiger charge is 2.50. The molecule has 21 heavy (non-hydrogen) atoms. The monoisotopic (exact) mass is 297 g/mol. The van der Waals surface area contributed by atoms with Crippen LogP contribution in [0.1, 0.15) is 79.1 Å². The fourth-order valence-electron chi connectivity index (χ4n) is 2.58. The quantitative estimate of drug-likeness (QED) is 0.494. The van der Waals surface area contributed by atoms with E-state index in [-0.39, 0.29) is 24.2 Å². The smallest absolute Gasteiger partial charge is 0.403 e. The summed E-state index contributed by atoms with van der Waals surface area (Å²) >= 11 is 0. The third-order valence-electron chi connectivity index (χ3n) is 4.67. The molecule has 0 spiro atoms. The van der Waals surface area contributed by atoms with Crippen molar-refractivity contribution >= 4 is 13.0 Å². The van der Waals surface area contributed by atoms with Gasteiger partial charge in [0.25, 0.3) is 0 Å². The van der Waals surface area contributed by atoms with Gasteiger partial charge >= 0.3 is 7.12 Å². The molecule has 1 amide bonds. The van der Waals surface area contributed by atoms with Crippen LogP contribution in [0.25, 0.3) is 0 Å². The number of unbranched alkanes of at least 4 members (excludes halogenated alkanes) is 6. The topological polar surface area (TPSA) is 61.5 Å². The summed E-state index contributed by atoms with van der Waals surface area (Å²) in [4.78, 5) is 10.6. The lowest BCUT2D eigenvalue weighted by molar-refractivity contribution is -0.118. The summed E-state index contributed by atoms with van der Waals surface area (Å²) in [6.07, 6.45) is 9.61. The van der Waals surface area contributed by atoms with E-state index in [1.165, 1.54) is 25.7 Å². The minimum Gasteiger partial charge on any atom is -0.403 e. The fourth-order valence-corrected chi connectivity index (χ4v) is 2.58. The van der Waals surface area contributed by atoms with Crippen molar-refractivity contribution in [3.8, 4) is 0 Å². The van der Waals surface area contributed by atoms with Crippen LogP contribution in [-0.4, -0.2) is 24.2 Å². The van der Waals surface area contributed by atoms with Crippen LogP contribution < -0.4 is 5.73 Å². The number of rotatable bonds is 10. The SMILES string of the molecule is CC1(C)OB(CCCCCCCCCC(N)=O)OC1(C)C. The summed E-state index contributed by atoms with van der Waals surface area (Å²) in [6.45, 7) is 8.39. The van der Waals surface area contributed by atoms with Gasteiger partial charge in [-0.2, -0.15) is 0 Å². The maximum absolute atomic E-state index is 10.6. The Balaban J connectivity index is 1.97. The van der Waals surface area contributed by atoms with Crippen LogP contribution in [0.5, 0.6) is 0 Å². The fraction of sp³-hybridized carbons (Fsp3) is 0.938. The Bertz CT molecular complexity index is 315. The number of amides is 1. The molecule has 1 saturated heterocycles. The molecule has 0 radical (unpaired) electrons. The molecule has 0 saturated carbocycles. The molecule has 0 unspecified atom stereocenters. The van der Waals surface area contributed by atoms with E-state index in [1.807, 2.05) is 0 Å². The van der Waals surface area contributed by atoms with Crippen LogP contribution in [0.15, 0.2) is 0 Å². The van der Waals surface area contributed by atoms with Gasteiger partial charge in [0.1, 0.15) is 0 Å². The molecule has 0 bridgehead atoms. The Kier molecular flexibility index (Phi) is 7.21. The van der Waals surface area contributed by atoms with Gasteiger partial charge in [0.15, 0.2) is 0 Å². The molecule has 122 valence electrons. The number of hydrogen-bond donors (Lipinski definition) is 1. The molecule has 4 nitrogen and oxygen atoms in total. The molecule has 0 aromatic heterocycles. The molecule has 0 atom stereocenters. The molecule has 0 aromatic rings. The van der Waals surface area contributed by atoms with Gasteiger partial charge in [-0.05, 0) is 40.4 Å². The first-order valence-corrected chi connectivity index (χ1v) is 8.38. The lowest BCUT2D eigenvalue weighted by Crippen LogP contribution is -2.41. The molecular formula is C16H32BNO3. The third-order valence-corrected chi connectivity index (χ3v) is 4.67. The van der Waals surface area contributed by atoms with Crippen molar-refractivity contribution in [2.45, 2.75) is 96.6 Å². The van der Waals surface area contributed by atoms with E-state index in [1.54, 1.807) is 0 Å². The van der Waals surface area contributed by atoms with Crippen LogP contribution >= 0.6 is 0 Å². The maximum Gasteiger partial charge on any atom is 0.457 e. The molecule has 2 N–H and O–H groups in total. The van der Waals surface area contributed by atoms with Gasteiger partial charge in [-0.1, -0.05) is 38.5 Å². The van der Waals surface area contributed by atoms with E-state index in [9.17, 15) is 4.79 Å². The second-order valence-electron chi connectivity index (χ2n) is 7.17. The van der Waals surface area contributed by atoms with Crippen molar-refractivity contribution in [1.29, 1.82) is 0 Å². The van der Waals surface area contributed by atoms with Crippen molar-refractivity contribution < 1.29 is 14.1 Å². The predicted molar refractivity (Wildman–Crippen MR) is 87.0 cm³/mol. The zero-order chi connectivity index (χ0) is 15.9. The molecule has 1 fully saturated rings. The summed E-state index contributed by atoms with van der Waals surface area (Å²) in [5, 5.41) is 0. The summed E-state index contributed by atoms with van der Waals surface area (Å²) in [5.41, 5.74) is 4.69. The van der Waals surface area contributed by atoms with Gasteiger partial charge in [0.05, 0.1) is 11.2 Å². The van der Waals surface area contributed by atoms with Gasteiger partial charge < -0.3 is 15.0 Å². The van der Waals surface area contributed by atoms with Gasteiger partial charge in [-0.25, -0.2) is 0 Å². The Labute approximate surface area is 130 Å². The second-order valence-corrected chi connectivity index (χ2v) is 7.17. The number of hydrogen-bond acceptors (Lipinski definition) is 3. The molecule has 1 rings (SSSR count). The Morgan fingerprint density at radius 3 is 1.76 bits per heavy atom. The summed E-state index contributed by atoms with van der Waals surface area (Å²) < 4.78 is 12.0. The van der Waals surface area contributed by atoms with Gasteiger partial charge in [-0.15, -0.1) is 0 Å². The van der Waals surface area contributed by atoms with E-state index < -0.39 is 0 Å². The highest BCUT2D eigenvalue weighted by atomic mass is 16.7. The van der Waals surface area contributed by atoms with Crippen molar-refractivity contribution in [3.05, 3.63) is 0 Å². The molecule has 0 aromatic carbocycles. The number of primary amides is 1. The Morgan fingerprint density at radius 1 is 0.857 bits per heavy atom. The molecule has 1 aliphatic rings. The average Bonchev–Trinajstić information content (AvgIpc) is 2.55. The number of nitrogens with two attached hydrogens (primary N) is 1. The predicted octanol–water partition coefficient (Wildman–Crippen LogP) is 3.68. The lowest BCUT2D eigenvalue weighted by atomic mass is 9.82. The van der Waals surface area contributed by atoms with E-state index in [4.69, 9.17) is 15.0 Å². The van der Waals surface area contributed by atoms with Crippen LogP contribution in [0.4, 0.5) is 0 Å². The van der Waals surface area contributed by atoms with Crippen LogP contribution in [0, 0.1) is 0 Å². The minimum absolute atomic E-state index is 0.0504. The van der Waals surface area contributed by atoms with Gasteiger partial charge in [0.2, 0.25) is 5.91 Å². The summed E-state index contributed by atoms with van der Waals surface area (Å²) in [7, 11) is -0.0504. The summed E-state index contributed by atoms with van der Waals surface area (Å²) in [5.74, 6) is -0.183. The first-order valence-electron chi connectivity index (χ1n) is 8.38. The molecule has 5 heteroatoms. The van der Waals surface area contributed by atoms with Crippen molar-refractivity contribution in [2.75, 3.05) is 0 Å². The Hall–Kier alpha value is -0.545. The molecular weight excluding hydrogens is 265 g/mol. The van der Waals surface area contributed by atoms with Gasteiger partial charge in [0, 0.05) is 6.42 Å². The maximum atomic E-state index is 10.6. The van der Waals surface area contributed by atoms with E-state index >= 15 is 0 Å². The normalized spacial score (nSPS) is 19.9. The third kappa shape index (κ3) is 6.39. The van der Waals surface area contributed by atoms with Crippen molar-refractivity contribution in [3.63, 3.8) is 0 Å². The Morgan fingerprint density at radius 2 is 1.29 bits per heavy atom. The zero-order valence-electron chi connectivity index (χ0n) is 14.2. The largest absolute Gasteiger partial charge is 0.457 e. The van der Waals surface area contributed by atoms with Crippen LogP contribution in [0.2, 0.25) is 6.32 Å².